The molecule has 0 bridgehead atoms. The Kier molecular flexibility index (Phi) is 5.31. The van der Waals surface area contributed by atoms with E-state index in [1.165, 1.54) is 0 Å². The lowest BCUT2D eigenvalue weighted by Crippen LogP contribution is -2.26. The lowest BCUT2D eigenvalue weighted by atomic mass is 9.97. The molecule has 1 heterocycles. The molecular weight excluding hydrogens is 338 g/mol. The molecule has 5 heteroatoms. The Morgan fingerprint density at radius 1 is 1.15 bits per heavy atom. The first kappa shape index (κ1) is 18.7. The van der Waals surface area contributed by atoms with E-state index in [4.69, 9.17) is 4.74 Å². The first-order valence-corrected chi connectivity index (χ1v) is 8.94. The fraction of sp³-hybridized carbons (Fsp3) is 0.273. The van der Waals surface area contributed by atoms with Crippen molar-refractivity contribution in [1.82, 2.24) is 15.1 Å². The van der Waals surface area contributed by atoms with Gasteiger partial charge in [0.2, 0.25) is 0 Å². The Labute approximate surface area is 160 Å². The van der Waals surface area contributed by atoms with E-state index in [-0.39, 0.29) is 11.9 Å². The highest BCUT2D eigenvalue weighted by Crippen LogP contribution is 2.30. The normalized spacial score (nSPS) is 11.9. The van der Waals surface area contributed by atoms with Crippen molar-refractivity contribution in [3.63, 3.8) is 0 Å². The molecule has 27 heavy (non-hydrogen) atoms. The van der Waals surface area contributed by atoms with E-state index in [1.807, 2.05) is 57.4 Å². The molecule has 0 unspecified atom stereocenters. The zero-order chi connectivity index (χ0) is 19.6. The van der Waals surface area contributed by atoms with E-state index < -0.39 is 0 Å². The summed E-state index contributed by atoms with van der Waals surface area (Å²) in [5.74, 6) is 0.789. The van der Waals surface area contributed by atoms with Gasteiger partial charge in [0.15, 0.2) is 0 Å². The minimum absolute atomic E-state index is 0.0967. The molecule has 140 valence electrons. The Hall–Kier alpha value is -3.08. The summed E-state index contributed by atoms with van der Waals surface area (Å²) in [5.41, 5.74) is 6.06. The van der Waals surface area contributed by atoms with Crippen molar-refractivity contribution in [2.45, 2.75) is 26.8 Å². The predicted octanol–water partition coefficient (Wildman–Crippen LogP) is 4.20. The van der Waals surface area contributed by atoms with Crippen molar-refractivity contribution in [2.75, 3.05) is 7.11 Å². The van der Waals surface area contributed by atoms with Crippen LogP contribution >= 0.6 is 0 Å². The van der Waals surface area contributed by atoms with Crippen molar-refractivity contribution in [2.24, 2.45) is 7.05 Å². The number of aryl methyl sites for hydroxylation is 3. The third-order valence-corrected chi connectivity index (χ3v) is 4.77. The second-order valence-corrected chi connectivity index (χ2v) is 6.86. The fourth-order valence-electron chi connectivity index (χ4n) is 3.15. The van der Waals surface area contributed by atoms with E-state index in [0.29, 0.717) is 5.56 Å². The highest BCUT2D eigenvalue weighted by atomic mass is 16.5. The number of nitrogens with one attached hydrogen (secondary N) is 1. The van der Waals surface area contributed by atoms with Crippen molar-refractivity contribution < 1.29 is 9.53 Å². The molecule has 5 nitrogen and oxygen atoms in total. The van der Waals surface area contributed by atoms with Gasteiger partial charge in [0.1, 0.15) is 5.75 Å². The molecule has 0 radical (unpaired) electrons. The summed E-state index contributed by atoms with van der Waals surface area (Å²) in [6.45, 7) is 6.05. The molecular formula is C22H25N3O2. The van der Waals surface area contributed by atoms with Gasteiger partial charge in [-0.15, -0.1) is 0 Å². The number of amides is 1. The number of rotatable bonds is 5. The van der Waals surface area contributed by atoms with Crippen LogP contribution in [0.15, 0.2) is 48.8 Å². The predicted molar refractivity (Wildman–Crippen MR) is 107 cm³/mol. The summed E-state index contributed by atoms with van der Waals surface area (Å²) in [6, 6.07) is 11.8. The van der Waals surface area contributed by atoms with Gasteiger partial charge < -0.3 is 10.1 Å². The summed E-state index contributed by atoms with van der Waals surface area (Å²) in [7, 11) is 3.54. The summed E-state index contributed by atoms with van der Waals surface area (Å²) in [4.78, 5) is 12.5. The van der Waals surface area contributed by atoms with Gasteiger partial charge in [-0.3, -0.25) is 9.48 Å². The van der Waals surface area contributed by atoms with Crippen LogP contribution < -0.4 is 10.1 Å². The third kappa shape index (κ3) is 4.03. The lowest BCUT2D eigenvalue weighted by molar-refractivity contribution is 0.0940. The second kappa shape index (κ2) is 7.66. The van der Waals surface area contributed by atoms with E-state index >= 15 is 0 Å². The maximum atomic E-state index is 12.5. The number of methoxy groups -OCH3 is 1. The molecule has 0 saturated carbocycles. The van der Waals surface area contributed by atoms with E-state index in [1.54, 1.807) is 18.0 Å². The van der Waals surface area contributed by atoms with Crippen LogP contribution in [0.3, 0.4) is 0 Å². The van der Waals surface area contributed by atoms with Crippen LogP contribution in [0, 0.1) is 13.8 Å². The number of nitrogens with zero attached hydrogens (tertiary/aromatic N) is 2. The van der Waals surface area contributed by atoms with E-state index in [2.05, 4.69) is 23.4 Å². The van der Waals surface area contributed by atoms with Crippen LogP contribution in [0.25, 0.3) is 11.1 Å². The smallest absolute Gasteiger partial charge is 0.251 e. The van der Waals surface area contributed by atoms with Crippen LogP contribution in [-0.4, -0.2) is 22.8 Å². The number of ether oxygens (including phenoxy) is 1. The molecule has 0 saturated heterocycles. The largest absolute Gasteiger partial charge is 0.496 e. The molecule has 1 N–H and O–H groups in total. The zero-order valence-electron chi connectivity index (χ0n) is 16.4. The highest BCUT2D eigenvalue weighted by Gasteiger charge is 2.13. The van der Waals surface area contributed by atoms with Crippen LogP contribution in [0.2, 0.25) is 0 Å². The van der Waals surface area contributed by atoms with Crippen LogP contribution in [-0.2, 0) is 7.05 Å². The van der Waals surface area contributed by atoms with Gasteiger partial charge in [-0.2, -0.15) is 5.10 Å². The molecule has 0 aliphatic carbocycles. The second-order valence-electron chi connectivity index (χ2n) is 6.86. The fourth-order valence-corrected chi connectivity index (χ4v) is 3.15. The molecule has 3 aromatic rings. The minimum Gasteiger partial charge on any atom is -0.496 e. The Morgan fingerprint density at radius 2 is 1.85 bits per heavy atom. The maximum Gasteiger partial charge on any atom is 0.251 e. The maximum absolute atomic E-state index is 12.5. The topological polar surface area (TPSA) is 56.1 Å². The van der Waals surface area contributed by atoms with Gasteiger partial charge in [0, 0.05) is 24.4 Å². The summed E-state index contributed by atoms with van der Waals surface area (Å²) >= 11 is 0. The van der Waals surface area contributed by atoms with Gasteiger partial charge in [-0.05, 0) is 67.3 Å². The third-order valence-electron chi connectivity index (χ3n) is 4.77. The first-order valence-electron chi connectivity index (χ1n) is 8.94. The molecule has 1 atom stereocenters. The van der Waals surface area contributed by atoms with Gasteiger partial charge in [-0.25, -0.2) is 0 Å². The lowest BCUT2D eigenvalue weighted by Gasteiger charge is -2.14. The van der Waals surface area contributed by atoms with Gasteiger partial charge >= 0.3 is 0 Å². The minimum atomic E-state index is -0.0997. The molecule has 3 rings (SSSR count). The number of carbonyl (C=O) groups excluding carboxylic acids is 1. The average Bonchev–Trinajstić information content (AvgIpc) is 3.10. The number of aromatic nitrogens is 2. The summed E-state index contributed by atoms with van der Waals surface area (Å²) < 4.78 is 7.11. The summed E-state index contributed by atoms with van der Waals surface area (Å²) in [5, 5.41) is 7.16. The van der Waals surface area contributed by atoms with Crippen molar-refractivity contribution in [1.29, 1.82) is 0 Å². The number of benzene rings is 2. The molecule has 0 spiro atoms. The molecule has 0 aliphatic heterocycles. The van der Waals surface area contributed by atoms with Crippen LogP contribution in [0.4, 0.5) is 0 Å². The van der Waals surface area contributed by atoms with Gasteiger partial charge in [-0.1, -0.05) is 12.1 Å². The number of hydrogen-bond donors (Lipinski definition) is 1. The molecule has 0 aliphatic rings. The molecule has 1 amide bonds. The Morgan fingerprint density at radius 3 is 2.44 bits per heavy atom. The molecule has 0 fully saturated rings. The van der Waals surface area contributed by atoms with Crippen LogP contribution in [0.5, 0.6) is 5.75 Å². The van der Waals surface area contributed by atoms with Crippen molar-refractivity contribution in [3.8, 4) is 16.9 Å². The highest BCUT2D eigenvalue weighted by molar-refractivity contribution is 5.95. The SMILES string of the molecule is COc1cc(C)c(-c2ccc(C(=O)N[C@@H](C)c3cnn(C)c3)cc2)cc1C. The first-order chi connectivity index (χ1) is 12.9. The number of carbonyl (C=O) groups is 1. The van der Waals surface area contributed by atoms with Crippen molar-refractivity contribution in [3.05, 3.63) is 71.0 Å². The van der Waals surface area contributed by atoms with Gasteiger partial charge in [0.05, 0.1) is 19.3 Å². The van der Waals surface area contributed by atoms with Crippen LogP contribution in [0.1, 0.15) is 40.0 Å². The number of hydrogen-bond acceptors (Lipinski definition) is 3. The van der Waals surface area contributed by atoms with E-state index in [0.717, 1.165) is 33.6 Å². The summed E-state index contributed by atoms with van der Waals surface area (Å²) in [6.07, 6.45) is 3.67. The average molecular weight is 363 g/mol. The quantitative estimate of drug-likeness (QED) is 0.739. The molecule has 2 aromatic carbocycles. The van der Waals surface area contributed by atoms with Gasteiger partial charge in [0.25, 0.3) is 5.91 Å². The Bertz CT molecular complexity index is 958. The standard InChI is InChI=1S/C22H25N3O2/c1-14-11-21(27-5)15(2)10-20(14)17-6-8-18(9-7-17)22(26)24-16(3)19-12-23-25(4)13-19/h6-13,16H,1-5H3,(H,24,26)/t16-/m0/s1. The Balaban J connectivity index is 1.77. The molecule has 1 aromatic heterocycles. The monoisotopic (exact) mass is 363 g/mol. The zero-order valence-corrected chi connectivity index (χ0v) is 16.4. The van der Waals surface area contributed by atoms with E-state index in [9.17, 15) is 4.79 Å². The van der Waals surface area contributed by atoms with Crippen molar-refractivity contribution >= 4 is 5.91 Å².